The molecular formula is C16H20O6. The van der Waals surface area contributed by atoms with Crippen LogP contribution in [0, 0.1) is 0 Å². The number of hydrogen-bond acceptors (Lipinski definition) is 6. The molecule has 22 heavy (non-hydrogen) atoms. The summed E-state index contributed by atoms with van der Waals surface area (Å²) < 4.78 is 19.8. The van der Waals surface area contributed by atoms with Gasteiger partial charge in [0.25, 0.3) is 0 Å². The van der Waals surface area contributed by atoms with Crippen LogP contribution in [0.3, 0.4) is 0 Å². The molecule has 2 rings (SSSR count). The minimum atomic E-state index is 0.169. The zero-order valence-electron chi connectivity index (χ0n) is 13.0. The Morgan fingerprint density at radius 1 is 0.545 bits per heavy atom. The number of rotatable bonds is 4. The Morgan fingerprint density at radius 3 is 1.14 bits per heavy atom. The molecule has 0 heterocycles. The molecule has 0 aliphatic carbocycles. The zero-order valence-corrected chi connectivity index (χ0v) is 13.0. The Hall–Kier alpha value is -2.76. The Kier molecular flexibility index (Phi) is 6.69. The van der Waals surface area contributed by atoms with Gasteiger partial charge in [0, 0.05) is 12.1 Å². The normalized spacial score (nSPS) is 9.27. The average Bonchev–Trinajstić information content (AvgIpc) is 2.55. The first kappa shape index (κ1) is 17.3. The lowest BCUT2D eigenvalue weighted by atomic mass is 10.3. The summed E-state index contributed by atoms with van der Waals surface area (Å²) in [7, 11) is 6.15. The van der Waals surface area contributed by atoms with Gasteiger partial charge in [0.05, 0.1) is 28.4 Å². The van der Waals surface area contributed by atoms with Crippen molar-refractivity contribution in [2.45, 2.75) is 0 Å². The number of phenolic OH excluding ortho intramolecular Hbond substituents is 2. The van der Waals surface area contributed by atoms with Crippen LogP contribution in [0.15, 0.2) is 36.4 Å². The molecule has 0 unspecified atom stereocenters. The fraction of sp³-hybridized carbons (Fsp3) is 0.250. The second kappa shape index (κ2) is 8.51. The van der Waals surface area contributed by atoms with Crippen LogP contribution in [0.1, 0.15) is 0 Å². The van der Waals surface area contributed by atoms with Crippen molar-refractivity contribution in [2.75, 3.05) is 28.4 Å². The van der Waals surface area contributed by atoms with E-state index in [9.17, 15) is 0 Å². The molecule has 2 N–H and O–H groups in total. The lowest BCUT2D eigenvalue weighted by molar-refractivity contribution is 0.351. The SMILES string of the molecule is COc1ccc(O)cc1OC.COc1ccc(O)cc1OC. The van der Waals surface area contributed by atoms with Crippen molar-refractivity contribution in [1.82, 2.24) is 0 Å². The Bertz CT molecular complexity index is 544. The van der Waals surface area contributed by atoms with Crippen LogP contribution >= 0.6 is 0 Å². The van der Waals surface area contributed by atoms with Crippen LogP contribution < -0.4 is 18.9 Å². The van der Waals surface area contributed by atoms with Gasteiger partial charge >= 0.3 is 0 Å². The molecule has 120 valence electrons. The summed E-state index contributed by atoms with van der Waals surface area (Å²) in [4.78, 5) is 0. The summed E-state index contributed by atoms with van der Waals surface area (Å²) in [5, 5.41) is 18.1. The molecule has 0 fully saturated rings. The second-order valence-electron chi connectivity index (χ2n) is 4.08. The van der Waals surface area contributed by atoms with E-state index in [1.807, 2.05) is 0 Å². The number of phenols is 2. The monoisotopic (exact) mass is 308 g/mol. The molecule has 6 nitrogen and oxygen atoms in total. The van der Waals surface area contributed by atoms with Crippen LogP contribution in [0.2, 0.25) is 0 Å². The maximum absolute atomic E-state index is 9.03. The summed E-state index contributed by atoms with van der Waals surface area (Å²) in [6.45, 7) is 0. The molecule has 2 aromatic rings. The summed E-state index contributed by atoms with van der Waals surface area (Å²) in [6.07, 6.45) is 0. The van der Waals surface area contributed by atoms with E-state index in [-0.39, 0.29) is 11.5 Å². The first-order valence-electron chi connectivity index (χ1n) is 6.37. The van der Waals surface area contributed by atoms with E-state index < -0.39 is 0 Å². The van der Waals surface area contributed by atoms with Crippen molar-refractivity contribution < 1.29 is 29.2 Å². The van der Waals surface area contributed by atoms with Gasteiger partial charge in [-0.15, -0.1) is 0 Å². The van der Waals surface area contributed by atoms with E-state index in [0.29, 0.717) is 23.0 Å². The van der Waals surface area contributed by atoms with E-state index >= 15 is 0 Å². The molecular weight excluding hydrogens is 288 g/mol. The lowest BCUT2D eigenvalue weighted by Crippen LogP contribution is -1.88. The van der Waals surface area contributed by atoms with Gasteiger partial charge < -0.3 is 29.2 Å². The highest BCUT2D eigenvalue weighted by Crippen LogP contribution is 2.30. The molecule has 0 aromatic heterocycles. The molecule has 0 spiro atoms. The van der Waals surface area contributed by atoms with Gasteiger partial charge in [0.2, 0.25) is 0 Å². The second-order valence-corrected chi connectivity index (χ2v) is 4.08. The van der Waals surface area contributed by atoms with Gasteiger partial charge in [0.15, 0.2) is 23.0 Å². The highest BCUT2D eigenvalue weighted by Gasteiger charge is 2.02. The highest BCUT2D eigenvalue weighted by atomic mass is 16.5. The summed E-state index contributed by atoms with van der Waals surface area (Å²) in [5.74, 6) is 2.64. The number of benzene rings is 2. The summed E-state index contributed by atoms with van der Waals surface area (Å²) >= 11 is 0. The van der Waals surface area contributed by atoms with Gasteiger partial charge in [0.1, 0.15) is 11.5 Å². The average molecular weight is 308 g/mol. The van der Waals surface area contributed by atoms with Crippen molar-refractivity contribution in [3.8, 4) is 34.5 Å². The molecule has 0 saturated carbocycles. The summed E-state index contributed by atoms with van der Waals surface area (Å²) in [6, 6.07) is 9.38. The van der Waals surface area contributed by atoms with Crippen LogP contribution in [-0.2, 0) is 0 Å². The van der Waals surface area contributed by atoms with Crippen molar-refractivity contribution in [2.24, 2.45) is 0 Å². The van der Waals surface area contributed by atoms with E-state index in [1.165, 1.54) is 26.4 Å². The third-order valence-electron chi connectivity index (χ3n) is 2.73. The van der Waals surface area contributed by atoms with Crippen molar-refractivity contribution >= 4 is 0 Å². The first-order valence-corrected chi connectivity index (χ1v) is 6.37. The Balaban J connectivity index is 0.000000220. The molecule has 2 aromatic carbocycles. The number of methoxy groups -OCH3 is 4. The van der Waals surface area contributed by atoms with Crippen LogP contribution in [0.25, 0.3) is 0 Å². The highest BCUT2D eigenvalue weighted by molar-refractivity contribution is 5.45. The minimum absolute atomic E-state index is 0.169. The Morgan fingerprint density at radius 2 is 0.864 bits per heavy atom. The fourth-order valence-corrected chi connectivity index (χ4v) is 1.65. The van der Waals surface area contributed by atoms with Gasteiger partial charge in [-0.25, -0.2) is 0 Å². The molecule has 0 radical (unpaired) electrons. The van der Waals surface area contributed by atoms with E-state index in [1.54, 1.807) is 38.5 Å². The first-order chi connectivity index (χ1) is 10.5. The van der Waals surface area contributed by atoms with E-state index in [0.717, 1.165) is 0 Å². The molecule has 0 aliphatic rings. The topological polar surface area (TPSA) is 77.4 Å². The number of ether oxygens (including phenoxy) is 4. The van der Waals surface area contributed by atoms with Crippen molar-refractivity contribution in [3.05, 3.63) is 36.4 Å². The summed E-state index contributed by atoms with van der Waals surface area (Å²) in [5.41, 5.74) is 0. The minimum Gasteiger partial charge on any atom is -0.508 e. The largest absolute Gasteiger partial charge is 0.508 e. The van der Waals surface area contributed by atoms with Gasteiger partial charge in [-0.1, -0.05) is 0 Å². The quantitative estimate of drug-likeness (QED) is 0.904. The molecule has 0 bridgehead atoms. The van der Waals surface area contributed by atoms with Gasteiger partial charge in [-0.05, 0) is 24.3 Å². The van der Waals surface area contributed by atoms with Crippen LogP contribution in [0.4, 0.5) is 0 Å². The maximum Gasteiger partial charge on any atom is 0.164 e. The lowest BCUT2D eigenvalue weighted by Gasteiger charge is -2.06. The third kappa shape index (κ3) is 4.66. The van der Waals surface area contributed by atoms with Gasteiger partial charge in [-0.2, -0.15) is 0 Å². The van der Waals surface area contributed by atoms with Gasteiger partial charge in [-0.3, -0.25) is 0 Å². The van der Waals surface area contributed by atoms with Crippen molar-refractivity contribution in [3.63, 3.8) is 0 Å². The molecule has 0 aliphatic heterocycles. The number of aromatic hydroxyl groups is 2. The molecule has 6 heteroatoms. The molecule has 0 atom stereocenters. The standard InChI is InChI=1S/2C8H10O3/c2*1-10-7-4-3-6(9)5-8(7)11-2/h2*3-5,9H,1-2H3. The molecule has 0 amide bonds. The predicted octanol–water partition coefficient (Wildman–Crippen LogP) is 2.82. The smallest absolute Gasteiger partial charge is 0.164 e. The molecule has 0 saturated heterocycles. The Labute approximate surface area is 129 Å². The van der Waals surface area contributed by atoms with Crippen LogP contribution in [-0.4, -0.2) is 38.7 Å². The predicted molar refractivity (Wildman–Crippen MR) is 82.4 cm³/mol. The van der Waals surface area contributed by atoms with Crippen LogP contribution in [0.5, 0.6) is 34.5 Å². The maximum atomic E-state index is 9.03. The zero-order chi connectivity index (χ0) is 16.5. The van der Waals surface area contributed by atoms with E-state index in [2.05, 4.69) is 0 Å². The number of hydrogen-bond donors (Lipinski definition) is 2. The van der Waals surface area contributed by atoms with Crippen molar-refractivity contribution in [1.29, 1.82) is 0 Å². The fourth-order valence-electron chi connectivity index (χ4n) is 1.65. The van der Waals surface area contributed by atoms with E-state index in [4.69, 9.17) is 29.2 Å². The third-order valence-corrected chi connectivity index (χ3v) is 2.73.